The Balaban J connectivity index is 1.37. The number of anilines is 2. The van der Waals surface area contributed by atoms with Crippen LogP contribution in [0, 0.1) is 5.92 Å². The maximum atomic E-state index is 12.8. The van der Waals surface area contributed by atoms with Gasteiger partial charge in [-0.05, 0) is 55.5 Å². The molecule has 3 atom stereocenters. The Hall–Kier alpha value is -4.24. The molecule has 2 amide bonds. The third-order valence-corrected chi connectivity index (χ3v) is 7.51. The molecule has 1 aliphatic heterocycles. The summed E-state index contributed by atoms with van der Waals surface area (Å²) in [5, 5.41) is 3.23. The molecule has 10 heteroatoms. The first-order valence-corrected chi connectivity index (χ1v) is 12.4. The second-order valence-electron chi connectivity index (χ2n) is 9.36. The quantitative estimate of drug-likeness (QED) is 0.379. The molecule has 3 aromatic heterocycles. The topological polar surface area (TPSA) is 119 Å². The smallest absolute Gasteiger partial charge is 0.256 e. The molecular weight excluding hydrogens is 490 g/mol. The summed E-state index contributed by atoms with van der Waals surface area (Å²) in [6.45, 7) is 3.71. The van der Waals surface area contributed by atoms with Gasteiger partial charge < -0.3 is 16.0 Å². The van der Waals surface area contributed by atoms with E-state index in [0.717, 1.165) is 30.7 Å². The molecule has 2 unspecified atom stereocenters. The number of fused-ring (bicyclic) bond motifs is 3. The highest BCUT2D eigenvalue weighted by Crippen LogP contribution is 2.50. The highest BCUT2D eigenvalue weighted by molar-refractivity contribution is 6.30. The fourth-order valence-electron chi connectivity index (χ4n) is 5.68. The van der Waals surface area contributed by atoms with Crippen molar-refractivity contribution in [3.63, 3.8) is 0 Å². The van der Waals surface area contributed by atoms with Gasteiger partial charge in [-0.1, -0.05) is 30.3 Å². The van der Waals surface area contributed by atoms with Gasteiger partial charge in [-0.15, -0.1) is 0 Å². The standard InChI is InChI=1S/C27H24ClN7O2/c1-2-21(36)35-19-8-7-17(13-19)23(35)26-33-22(24-25(29)31-11-12-34(24)26)15-3-5-16(6-4-15)27(37)32-20-14-18(28)9-10-30-20/h2-6,9-12,14,17,19,23H,1,7-8,13H2,(H2,29,31)(H,30,32,37)/t17-,19?,23?/m0/s1. The Labute approximate surface area is 218 Å². The molecule has 9 nitrogen and oxygen atoms in total. The van der Waals surface area contributed by atoms with Gasteiger partial charge in [0, 0.05) is 40.8 Å². The van der Waals surface area contributed by atoms with Crippen LogP contribution in [0.15, 0.2) is 67.6 Å². The van der Waals surface area contributed by atoms with Crippen LogP contribution in [0.4, 0.5) is 11.6 Å². The van der Waals surface area contributed by atoms with Crippen molar-refractivity contribution in [2.24, 2.45) is 5.92 Å². The van der Waals surface area contributed by atoms with Gasteiger partial charge in [0.1, 0.15) is 28.7 Å². The lowest BCUT2D eigenvalue weighted by Crippen LogP contribution is -2.39. The number of nitrogens with one attached hydrogen (secondary N) is 1. The van der Waals surface area contributed by atoms with Gasteiger partial charge in [0.2, 0.25) is 5.91 Å². The normalized spacial score (nSPS) is 20.4. The lowest BCUT2D eigenvalue weighted by Gasteiger charge is -2.33. The molecule has 1 saturated heterocycles. The van der Waals surface area contributed by atoms with Crippen LogP contribution < -0.4 is 11.1 Å². The third kappa shape index (κ3) is 3.92. The number of hydrogen-bond donors (Lipinski definition) is 2. The summed E-state index contributed by atoms with van der Waals surface area (Å²) < 4.78 is 1.94. The van der Waals surface area contributed by atoms with Gasteiger partial charge in [-0.3, -0.25) is 14.0 Å². The SMILES string of the molecule is C=CC(=O)N1C2CC[C@@H](C2)C1c1nc(-c2ccc(C(=O)Nc3cc(Cl)ccn3)cc2)c2c(N)nccn12. The number of imidazole rings is 1. The number of carbonyl (C=O) groups excluding carboxylic acids is 2. The number of aromatic nitrogens is 4. The van der Waals surface area contributed by atoms with E-state index >= 15 is 0 Å². The molecule has 1 aliphatic carbocycles. The highest BCUT2D eigenvalue weighted by atomic mass is 35.5. The number of nitrogens with zero attached hydrogens (tertiary/aromatic N) is 5. The summed E-state index contributed by atoms with van der Waals surface area (Å²) in [7, 11) is 0. The second kappa shape index (κ2) is 9.01. The van der Waals surface area contributed by atoms with E-state index in [2.05, 4.69) is 21.9 Å². The molecule has 4 aromatic rings. The van der Waals surface area contributed by atoms with E-state index in [4.69, 9.17) is 22.3 Å². The fraction of sp³-hybridized carbons (Fsp3) is 0.222. The van der Waals surface area contributed by atoms with Gasteiger partial charge in [-0.2, -0.15) is 0 Å². The van der Waals surface area contributed by atoms with Crippen LogP contribution >= 0.6 is 11.6 Å². The molecule has 1 aromatic carbocycles. The Morgan fingerprint density at radius 1 is 1.14 bits per heavy atom. The van der Waals surface area contributed by atoms with Crippen LogP contribution in [0.1, 0.15) is 41.5 Å². The number of rotatable bonds is 5. The Morgan fingerprint density at radius 3 is 2.70 bits per heavy atom. The molecule has 2 fully saturated rings. The summed E-state index contributed by atoms with van der Waals surface area (Å²) in [5.74, 6) is 1.41. The average molecular weight is 514 g/mol. The number of piperidine rings is 1. The zero-order valence-electron chi connectivity index (χ0n) is 19.8. The minimum atomic E-state index is -0.307. The van der Waals surface area contributed by atoms with E-state index in [1.807, 2.05) is 27.6 Å². The van der Waals surface area contributed by atoms with Crippen molar-refractivity contribution >= 4 is 40.6 Å². The summed E-state index contributed by atoms with van der Waals surface area (Å²) in [5.41, 5.74) is 8.89. The predicted molar refractivity (Wildman–Crippen MR) is 141 cm³/mol. The maximum Gasteiger partial charge on any atom is 0.256 e. The van der Waals surface area contributed by atoms with Crippen molar-refractivity contribution in [2.45, 2.75) is 31.3 Å². The number of nitrogens with two attached hydrogens (primary N) is 1. The molecular formula is C27H24ClN7O2. The highest BCUT2D eigenvalue weighted by Gasteiger charge is 2.50. The lowest BCUT2D eigenvalue weighted by atomic mass is 9.97. The molecule has 0 spiro atoms. The van der Waals surface area contributed by atoms with Crippen LogP contribution in [0.2, 0.25) is 5.02 Å². The first-order valence-electron chi connectivity index (χ1n) is 12.0. The fourth-order valence-corrected chi connectivity index (χ4v) is 5.84. The molecule has 2 aliphatic rings. The van der Waals surface area contributed by atoms with E-state index in [9.17, 15) is 9.59 Å². The average Bonchev–Trinajstić information content (AvgIpc) is 3.62. The first kappa shape index (κ1) is 23.2. The van der Waals surface area contributed by atoms with Crippen LogP contribution in [0.3, 0.4) is 0 Å². The number of likely N-dealkylation sites (tertiary alicyclic amines) is 1. The summed E-state index contributed by atoms with van der Waals surface area (Å²) in [6.07, 6.45) is 9.38. The maximum absolute atomic E-state index is 12.8. The molecule has 186 valence electrons. The minimum Gasteiger partial charge on any atom is -0.382 e. The van der Waals surface area contributed by atoms with Gasteiger partial charge in [0.05, 0.1) is 6.04 Å². The number of nitrogen functional groups attached to an aromatic ring is 1. The van der Waals surface area contributed by atoms with E-state index in [0.29, 0.717) is 39.4 Å². The number of carbonyl (C=O) groups is 2. The summed E-state index contributed by atoms with van der Waals surface area (Å²) >= 11 is 5.99. The summed E-state index contributed by atoms with van der Waals surface area (Å²) in [6, 6.07) is 10.3. The summed E-state index contributed by atoms with van der Waals surface area (Å²) in [4.78, 5) is 40.9. The molecule has 1 saturated carbocycles. The van der Waals surface area contributed by atoms with Crippen LogP contribution in [0.5, 0.6) is 0 Å². The van der Waals surface area contributed by atoms with Crippen LogP contribution in [0.25, 0.3) is 16.8 Å². The van der Waals surface area contributed by atoms with Crippen molar-refractivity contribution in [1.82, 2.24) is 24.3 Å². The van der Waals surface area contributed by atoms with Crippen molar-refractivity contribution in [3.8, 4) is 11.3 Å². The van der Waals surface area contributed by atoms with E-state index in [-0.39, 0.29) is 23.9 Å². The van der Waals surface area contributed by atoms with Crippen molar-refractivity contribution in [2.75, 3.05) is 11.1 Å². The van der Waals surface area contributed by atoms with Crippen LogP contribution in [-0.2, 0) is 4.79 Å². The zero-order valence-corrected chi connectivity index (χ0v) is 20.6. The molecule has 6 rings (SSSR count). The molecule has 2 bridgehead atoms. The van der Waals surface area contributed by atoms with Crippen molar-refractivity contribution in [1.29, 1.82) is 0 Å². The molecule has 37 heavy (non-hydrogen) atoms. The number of amides is 2. The van der Waals surface area contributed by atoms with Crippen molar-refractivity contribution < 1.29 is 9.59 Å². The van der Waals surface area contributed by atoms with Gasteiger partial charge in [0.15, 0.2) is 0 Å². The monoisotopic (exact) mass is 513 g/mol. The van der Waals surface area contributed by atoms with Gasteiger partial charge in [0.25, 0.3) is 5.91 Å². The molecule has 4 heterocycles. The van der Waals surface area contributed by atoms with Gasteiger partial charge in [-0.25, -0.2) is 15.0 Å². The third-order valence-electron chi connectivity index (χ3n) is 7.27. The van der Waals surface area contributed by atoms with E-state index in [1.165, 1.54) is 12.3 Å². The lowest BCUT2D eigenvalue weighted by molar-refractivity contribution is -0.130. The van der Waals surface area contributed by atoms with Crippen LogP contribution in [-0.4, -0.2) is 42.1 Å². The second-order valence-corrected chi connectivity index (χ2v) is 9.80. The molecule has 3 N–H and O–H groups in total. The Bertz CT molecular complexity index is 1550. The van der Waals surface area contributed by atoms with E-state index in [1.54, 1.807) is 30.5 Å². The first-order chi connectivity index (χ1) is 17.9. The minimum absolute atomic E-state index is 0.0814. The number of hydrogen-bond acceptors (Lipinski definition) is 6. The number of halogens is 1. The number of benzene rings is 1. The van der Waals surface area contributed by atoms with E-state index < -0.39 is 0 Å². The largest absolute Gasteiger partial charge is 0.382 e. The predicted octanol–water partition coefficient (Wildman–Crippen LogP) is 4.52. The zero-order chi connectivity index (χ0) is 25.7. The van der Waals surface area contributed by atoms with Gasteiger partial charge >= 0.3 is 0 Å². The van der Waals surface area contributed by atoms with Crippen molar-refractivity contribution in [3.05, 3.63) is 84.1 Å². The number of pyridine rings is 1. The molecule has 0 radical (unpaired) electrons. The Kier molecular flexibility index (Phi) is 5.64. The Morgan fingerprint density at radius 2 is 1.95 bits per heavy atom.